The zero-order chi connectivity index (χ0) is 52.0. The van der Waals surface area contributed by atoms with Crippen LogP contribution in [0.4, 0.5) is 11.6 Å². The molecule has 0 saturated carbocycles. The Morgan fingerprint density at radius 1 is 0.865 bits per heavy atom. The quantitative estimate of drug-likeness (QED) is 0.0599. The lowest BCUT2D eigenvalue weighted by Crippen LogP contribution is -2.54. The van der Waals surface area contributed by atoms with Crippen molar-refractivity contribution in [2.24, 2.45) is 5.41 Å². The van der Waals surface area contributed by atoms with Crippen LogP contribution in [-0.4, -0.2) is 184 Å². The number of pyridine rings is 1. The van der Waals surface area contributed by atoms with Crippen LogP contribution in [0.1, 0.15) is 54.4 Å². The fourth-order valence-electron chi connectivity index (χ4n) is 8.78. The number of amides is 3. The van der Waals surface area contributed by atoms with Gasteiger partial charge in [0.05, 0.1) is 80.7 Å². The van der Waals surface area contributed by atoms with Crippen molar-refractivity contribution in [2.45, 2.75) is 65.8 Å². The van der Waals surface area contributed by atoms with Crippen LogP contribution in [0, 0.1) is 19.3 Å². The van der Waals surface area contributed by atoms with E-state index >= 15 is 0 Å². The van der Waals surface area contributed by atoms with Crippen LogP contribution in [0.3, 0.4) is 0 Å². The molecule has 22 heteroatoms. The summed E-state index contributed by atoms with van der Waals surface area (Å²) < 4.78 is 26.0. The van der Waals surface area contributed by atoms with Gasteiger partial charge in [-0.25, -0.2) is 19.5 Å². The highest BCUT2D eigenvalue weighted by molar-refractivity contribution is 7.13. The number of likely N-dealkylation sites (tertiary alicyclic amines) is 1. The molecule has 0 unspecified atom stereocenters. The molecule has 0 radical (unpaired) electrons. The van der Waals surface area contributed by atoms with Gasteiger partial charge in [0.1, 0.15) is 18.0 Å². The topological polar surface area (TPSA) is 228 Å². The van der Waals surface area contributed by atoms with E-state index in [2.05, 4.69) is 45.8 Å². The van der Waals surface area contributed by atoms with Crippen molar-refractivity contribution in [3.05, 3.63) is 101 Å². The van der Waals surface area contributed by atoms with Gasteiger partial charge in [0.15, 0.2) is 17.3 Å². The standard InChI is InChI=1S/C52H69N13O8S/c1-36-7-12-44(54-29-36)65-45(59-50(68)41-31-57-64-14-6-13-53-49(41)64)28-46(60-65)62-17-15-61(16-18-62)19-20-70-21-22-71-23-24-72-25-26-73-34-47(67)58-43(52(3,4)5)33-63-32-40(66)27-42(63)51(69)55-30-38-8-10-39(11-9-38)48-37(2)56-35-74-48/h6-14,28-29,31,35,40,42-43,66H,15-27,30,32-34H2,1-5H3,(H,55,69)(H,58,67)(H,59,68)/t40-,42+,43-/m1/s1. The third-order valence-corrected chi connectivity index (χ3v) is 14.1. The van der Waals surface area contributed by atoms with E-state index in [9.17, 15) is 19.5 Å². The molecule has 0 spiro atoms. The first-order chi connectivity index (χ1) is 35.8. The van der Waals surface area contributed by atoms with Gasteiger partial charge in [-0.15, -0.1) is 16.4 Å². The predicted molar refractivity (Wildman–Crippen MR) is 280 cm³/mol. The number of hydrogen-bond acceptors (Lipinski definition) is 17. The molecule has 2 saturated heterocycles. The van der Waals surface area contributed by atoms with E-state index in [1.165, 1.54) is 6.20 Å². The molecule has 0 aliphatic carbocycles. The Morgan fingerprint density at radius 2 is 1.59 bits per heavy atom. The summed E-state index contributed by atoms with van der Waals surface area (Å²) in [6.07, 6.45) is 6.33. The summed E-state index contributed by atoms with van der Waals surface area (Å²) >= 11 is 1.60. The predicted octanol–water partition coefficient (Wildman–Crippen LogP) is 3.77. The van der Waals surface area contributed by atoms with Crippen molar-refractivity contribution in [1.29, 1.82) is 0 Å². The van der Waals surface area contributed by atoms with Gasteiger partial charge in [-0.3, -0.25) is 24.2 Å². The molecular formula is C52H69N13O8S. The molecule has 1 aromatic carbocycles. The number of nitrogens with one attached hydrogen (secondary N) is 3. The minimum absolute atomic E-state index is 0.127. The van der Waals surface area contributed by atoms with E-state index in [1.54, 1.807) is 45.2 Å². The number of aliphatic hydroxyl groups excluding tert-OH is 1. The van der Waals surface area contributed by atoms with E-state index in [1.807, 2.05) is 87.5 Å². The molecular weight excluding hydrogens is 967 g/mol. The van der Waals surface area contributed by atoms with E-state index < -0.39 is 12.1 Å². The Bertz CT molecular complexity index is 2750. The maximum atomic E-state index is 13.4. The number of rotatable bonds is 25. The van der Waals surface area contributed by atoms with Crippen LogP contribution < -0.4 is 20.9 Å². The van der Waals surface area contributed by atoms with Gasteiger partial charge < -0.3 is 44.9 Å². The minimum atomic E-state index is -0.638. The summed E-state index contributed by atoms with van der Waals surface area (Å²) in [6.45, 7) is 17.9. The molecule has 2 aliphatic heterocycles. The number of thiazole rings is 1. The number of anilines is 2. The Kier molecular flexibility index (Phi) is 18.8. The maximum Gasteiger partial charge on any atom is 0.262 e. The summed E-state index contributed by atoms with van der Waals surface area (Å²) in [4.78, 5) is 60.8. The first-order valence-corrected chi connectivity index (χ1v) is 26.1. The number of piperazine rings is 1. The zero-order valence-corrected chi connectivity index (χ0v) is 43.8. The number of β-amino-alcohol motifs (C(OH)–C–C–N with tert-alkyl or cyclic N) is 1. The van der Waals surface area contributed by atoms with Gasteiger partial charge in [0.2, 0.25) is 11.8 Å². The highest BCUT2D eigenvalue weighted by Gasteiger charge is 2.39. The van der Waals surface area contributed by atoms with Gasteiger partial charge in [-0.1, -0.05) is 51.1 Å². The largest absolute Gasteiger partial charge is 0.392 e. The molecule has 3 atom stereocenters. The molecule has 8 rings (SSSR count). The lowest BCUT2D eigenvalue weighted by atomic mass is 9.86. The second-order valence-corrected chi connectivity index (χ2v) is 20.5. The zero-order valence-electron chi connectivity index (χ0n) is 42.9. The van der Waals surface area contributed by atoms with Crippen LogP contribution in [0.2, 0.25) is 0 Å². The second kappa shape index (κ2) is 25.8. The number of aryl methyl sites for hydroxylation is 2. The van der Waals surface area contributed by atoms with Crippen LogP contribution in [0.5, 0.6) is 0 Å². The normalized spacial score (nSPS) is 17.0. The third-order valence-electron chi connectivity index (χ3n) is 13.1. The lowest BCUT2D eigenvalue weighted by molar-refractivity contribution is -0.128. The number of ether oxygens (including phenoxy) is 4. The first-order valence-electron chi connectivity index (χ1n) is 25.2. The molecule has 74 heavy (non-hydrogen) atoms. The van der Waals surface area contributed by atoms with Gasteiger partial charge >= 0.3 is 0 Å². The van der Waals surface area contributed by atoms with Crippen molar-refractivity contribution in [3.63, 3.8) is 0 Å². The SMILES string of the molecule is Cc1ccc(-n2nc(N3CCN(CCOCCOCCOCCOCC(=O)N[C@H](CN4C[C@H](O)C[C@H]4C(=O)NCc4ccc(-c5scnc5C)cc4)C(C)(C)C)CC3)cc2NC(=O)c2cnn3cccnc23)nc1. The van der Waals surface area contributed by atoms with Gasteiger partial charge in [-0.05, 0) is 54.5 Å². The van der Waals surface area contributed by atoms with Crippen molar-refractivity contribution in [3.8, 4) is 16.3 Å². The highest BCUT2D eigenvalue weighted by Crippen LogP contribution is 2.29. The van der Waals surface area contributed by atoms with Crippen LogP contribution in [-0.2, 0) is 35.1 Å². The van der Waals surface area contributed by atoms with Crippen LogP contribution in [0.25, 0.3) is 21.9 Å². The van der Waals surface area contributed by atoms with E-state index in [0.29, 0.717) is 88.5 Å². The van der Waals surface area contributed by atoms with Gasteiger partial charge in [0, 0.05) is 83.1 Å². The van der Waals surface area contributed by atoms with E-state index in [-0.39, 0.29) is 42.4 Å². The number of benzene rings is 1. The second-order valence-electron chi connectivity index (χ2n) is 19.6. The third kappa shape index (κ3) is 14.7. The summed E-state index contributed by atoms with van der Waals surface area (Å²) in [7, 11) is 0. The molecule has 6 aromatic rings. The van der Waals surface area contributed by atoms with Crippen molar-refractivity contribution in [2.75, 3.05) is 109 Å². The number of nitrogens with zero attached hydrogens (tertiary/aromatic N) is 10. The number of fused-ring (bicyclic) bond motifs is 1. The van der Waals surface area contributed by atoms with E-state index in [4.69, 9.17) is 24.0 Å². The molecule has 7 heterocycles. The van der Waals surface area contributed by atoms with Crippen LogP contribution >= 0.6 is 11.3 Å². The monoisotopic (exact) mass is 1040 g/mol. The average Bonchev–Trinajstić information content (AvgIpc) is 4.21. The summed E-state index contributed by atoms with van der Waals surface area (Å²) in [5, 5.41) is 28.9. The van der Waals surface area contributed by atoms with Gasteiger partial charge in [0.25, 0.3) is 5.91 Å². The Balaban J connectivity index is 0.662. The Morgan fingerprint density at radius 3 is 2.28 bits per heavy atom. The molecule has 2 fully saturated rings. The van der Waals surface area contributed by atoms with Crippen molar-refractivity contribution >= 4 is 46.3 Å². The molecule has 2 aliphatic rings. The van der Waals surface area contributed by atoms with Crippen molar-refractivity contribution < 1.29 is 38.4 Å². The molecule has 4 N–H and O–H groups in total. The number of carbonyl (C=O) groups is 3. The summed E-state index contributed by atoms with van der Waals surface area (Å²) in [5.74, 6) is 1.07. The van der Waals surface area contributed by atoms with E-state index in [0.717, 1.165) is 65.8 Å². The number of hydrogen-bond donors (Lipinski definition) is 4. The van der Waals surface area contributed by atoms with Crippen molar-refractivity contribution in [1.82, 2.24) is 54.8 Å². The van der Waals surface area contributed by atoms with Crippen LogP contribution in [0.15, 0.2) is 78.8 Å². The Hall–Kier alpha value is -6.24. The molecule has 396 valence electrons. The van der Waals surface area contributed by atoms with Gasteiger partial charge in [-0.2, -0.15) is 9.78 Å². The number of carbonyl (C=O) groups excluding carboxylic acids is 3. The highest BCUT2D eigenvalue weighted by atomic mass is 32.1. The minimum Gasteiger partial charge on any atom is -0.392 e. The smallest absolute Gasteiger partial charge is 0.262 e. The molecule has 3 amide bonds. The average molecular weight is 1040 g/mol. The lowest BCUT2D eigenvalue weighted by Gasteiger charge is -2.36. The number of aromatic nitrogens is 7. The maximum absolute atomic E-state index is 13.4. The molecule has 21 nitrogen and oxygen atoms in total. The fraction of sp³-hybridized carbons (Fsp3) is 0.500. The summed E-state index contributed by atoms with van der Waals surface area (Å²) in [5.41, 5.74) is 6.41. The molecule has 0 bridgehead atoms. The number of aliphatic hydroxyl groups is 1. The fourth-order valence-corrected chi connectivity index (χ4v) is 9.59. The Labute approximate surface area is 435 Å². The molecule has 5 aromatic heterocycles. The summed E-state index contributed by atoms with van der Waals surface area (Å²) in [6, 6.07) is 14.7. The first kappa shape index (κ1) is 54.0.